The van der Waals surface area contributed by atoms with Crippen LogP contribution in [0, 0.1) is 0 Å². The number of nitrogens with one attached hydrogen (secondary N) is 1. The number of quaternary nitrogens is 1. The smallest absolute Gasteiger partial charge is 0.330 e. The summed E-state index contributed by atoms with van der Waals surface area (Å²) in [6, 6.07) is 4.69. The molecule has 0 aromatic heterocycles. The summed E-state index contributed by atoms with van der Waals surface area (Å²) in [6.07, 6.45) is 0.353. The van der Waals surface area contributed by atoms with Gasteiger partial charge in [-0.2, -0.15) is 0 Å². The molecule has 1 aromatic rings. The zero-order chi connectivity index (χ0) is 15.1. The SMILES string of the molecule is COC(=O)[C@H](CO)NC(=O)[C@@H]([NH3+])Cc1ccc(O)cc1. The van der Waals surface area contributed by atoms with Gasteiger partial charge in [-0.3, -0.25) is 4.79 Å². The molecule has 1 aromatic carbocycles. The van der Waals surface area contributed by atoms with Crippen LogP contribution in [0.15, 0.2) is 24.3 Å². The van der Waals surface area contributed by atoms with Crippen LogP contribution in [0.4, 0.5) is 0 Å². The topological polar surface area (TPSA) is 124 Å². The molecular formula is C13H19N2O5+. The number of carbonyl (C=O) groups is 2. The Balaban J connectivity index is 2.58. The lowest BCUT2D eigenvalue weighted by atomic mass is 10.1. The van der Waals surface area contributed by atoms with Gasteiger partial charge in [0, 0.05) is 6.42 Å². The maximum atomic E-state index is 11.9. The second-order valence-electron chi connectivity index (χ2n) is 4.33. The number of phenols is 1. The number of carbonyl (C=O) groups excluding carboxylic acids is 2. The molecular weight excluding hydrogens is 264 g/mol. The summed E-state index contributed by atoms with van der Waals surface area (Å²) < 4.78 is 4.45. The number of rotatable bonds is 6. The lowest BCUT2D eigenvalue weighted by molar-refractivity contribution is -0.403. The molecule has 6 N–H and O–H groups in total. The van der Waals surface area contributed by atoms with Crippen molar-refractivity contribution in [2.45, 2.75) is 18.5 Å². The third-order valence-electron chi connectivity index (χ3n) is 2.77. The minimum absolute atomic E-state index is 0.143. The van der Waals surface area contributed by atoms with E-state index in [2.05, 4.69) is 15.8 Å². The molecule has 1 amide bonds. The van der Waals surface area contributed by atoms with E-state index in [-0.39, 0.29) is 5.75 Å². The Labute approximate surface area is 116 Å². The fourth-order valence-electron chi connectivity index (χ4n) is 1.62. The standard InChI is InChI=1S/C13H18N2O5/c1-20-13(19)11(7-16)15-12(18)10(14)6-8-2-4-9(17)5-3-8/h2-5,10-11,16-17H,6-7,14H2,1H3,(H,15,18)/p+1/t10-,11-/m0/s1. The number of aromatic hydroxyl groups is 1. The van der Waals surface area contributed by atoms with Gasteiger partial charge in [0.2, 0.25) is 0 Å². The fourth-order valence-corrected chi connectivity index (χ4v) is 1.62. The minimum atomic E-state index is -1.09. The normalized spacial score (nSPS) is 13.3. The minimum Gasteiger partial charge on any atom is -0.508 e. The van der Waals surface area contributed by atoms with Crippen molar-refractivity contribution in [1.82, 2.24) is 5.32 Å². The lowest BCUT2D eigenvalue weighted by Gasteiger charge is -2.15. The van der Waals surface area contributed by atoms with Gasteiger partial charge in [0.05, 0.1) is 13.7 Å². The van der Waals surface area contributed by atoms with E-state index in [9.17, 15) is 9.59 Å². The third-order valence-corrected chi connectivity index (χ3v) is 2.77. The summed E-state index contributed by atoms with van der Waals surface area (Å²) in [4.78, 5) is 23.1. The van der Waals surface area contributed by atoms with Crippen molar-refractivity contribution < 1.29 is 30.3 Å². The van der Waals surface area contributed by atoms with Crippen LogP contribution in [0.1, 0.15) is 5.56 Å². The van der Waals surface area contributed by atoms with Crippen molar-refractivity contribution in [2.24, 2.45) is 0 Å². The molecule has 0 fully saturated rings. The molecule has 1 rings (SSSR count). The first-order chi connectivity index (χ1) is 9.47. The van der Waals surface area contributed by atoms with Crippen molar-refractivity contribution in [1.29, 1.82) is 0 Å². The molecule has 0 unspecified atom stereocenters. The highest BCUT2D eigenvalue weighted by Crippen LogP contribution is 2.10. The molecule has 0 aliphatic carbocycles. The van der Waals surface area contributed by atoms with Gasteiger partial charge in [-0.1, -0.05) is 12.1 Å². The number of phenolic OH excluding ortho intramolecular Hbond substituents is 1. The molecule has 0 spiro atoms. The highest BCUT2D eigenvalue weighted by molar-refractivity contribution is 5.86. The quantitative estimate of drug-likeness (QED) is 0.458. The Kier molecular flexibility index (Phi) is 5.95. The van der Waals surface area contributed by atoms with E-state index in [0.717, 1.165) is 5.56 Å². The van der Waals surface area contributed by atoms with E-state index in [4.69, 9.17) is 10.2 Å². The molecule has 110 valence electrons. The van der Waals surface area contributed by atoms with Crippen LogP contribution < -0.4 is 11.1 Å². The number of amides is 1. The zero-order valence-electron chi connectivity index (χ0n) is 11.2. The number of hydrogen-bond donors (Lipinski definition) is 4. The van der Waals surface area contributed by atoms with E-state index in [1.165, 1.54) is 19.2 Å². The Morgan fingerprint density at radius 1 is 1.35 bits per heavy atom. The van der Waals surface area contributed by atoms with Crippen molar-refractivity contribution in [3.63, 3.8) is 0 Å². The van der Waals surface area contributed by atoms with Gasteiger partial charge < -0.3 is 26.0 Å². The largest absolute Gasteiger partial charge is 0.508 e. The number of ether oxygens (including phenoxy) is 1. The highest BCUT2D eigenvalue weighted by Gasteiger charge is 2.25. The molecule has 0 radical (unpaired) electrons. The molecule has 20 heavy (non-hydrogen) atoms. The van der Waals surface area contributed by atoms with E-state index in [1.54, 1.807) is 12.1 Å². The Morgan fingerprint density at radius 3 is 2.45 bits per heavy atom. The van der Waals surface area contributed by atoms with E-state index < -0.39 is 30.6 Å². The van der Waals surface area contributed by atoms with Gasteiger partial charge in [0.1, 0.15) is 5.75 Å². The summed E-state index contributed by atoms with van der Waals surface area (Å²) in [5, 5.41) is 20.6. The zero-order valence-corrected chi connectivity index (χ0v) is 11.2. The van der Waals surface area contributed by atoms with Gasteiger partial charge in [0.25, 0.3) is 5.91 Å². The van der Waals surface area contributed by atoms with E-state index in [1.807, 2.05) is 0 Å². The fraction of sp³-hybridized carbons (Fsp3) is 0.385. The molecule has 7 nitrogen and oxygen atoms in total. The molecule has 0 bridgehead atoms. The average Bonchev–Trinajstić information content (AvgIpc) is 2.45. The molecule has 7 heteroatoms. The Hall–Kier alpha value is -2.12. The van der Waals surface area contributed by atoms with Crippen molar-refractivity contribution in [3.05, 3.63) is 29.8 Å². The average molecular weight is 283 g/mol. The van der Waals surface area contributed by atoms with Gasteiger partial charge in [0.15, 0.2) is 12.1 Å². The Bertz CT molecular complexity index is 460. The second-order valence-corrected chi connectivity index (χ2v) is 4.33. The first kappa shape index (κ1) is 15.9. The van der Waals surface area contributed by atoms with Crippen LogP contribution in [-0.4, -0.2) is 47.9 Å². The summed E-state index contributed by atoms with van der Waals surface area (Å²) in [5.74, 6) is -1.02. The summed E-state index contributed by atoms with van der Waals surface area (Å²) in [7, 11) is 1.18. The Morgan fingerprint density at radius 2 is 1.95 bits per heavy atom. The van der Waals surface area contributed by atoms with Crippen LogP contribution in [0.5, 0.6) is 5.75 Å². The number of esters is 1. The molecule has 0 saturated carbocycles. The van der Waals surface area contributed by atoms with Crippen molar-refractivity contribution in [3.8, 4) is 5.75 Å². The molecule has 0 aliphatic rings. The third kappa shape index (κ3) is 4.52. The second kappa shape index (κ2) is 7.46. The molecule has 2 atom stereocenters. The van der Waals surface area contributed by atoms with Crippen LogP contribution in [0.25, 0.3) is 0 Å². The first-order valence-electron chi connectivity index (χ1n) is 6.08. The van der Waals surface area contributed by atoms with Gasteiger partial charge in [-0.25, -0.2) is 4.79 Å². The number of benzene rings is 1. The van der Waals surface area contributed by atoms with Crippen LogP contribution >= 0.6 is 0 Å². The predicted molar refractivity (Wildman–Crippen MR) is 69.5 cm³/mol. The van der Waals surface area contributed by atoms with Gasteiger partial charge >= 0.3 is 5.97 Å². The molecule has 0 heterocycles. The number of aliphatic hydroxyl groups is 1. The van der Waals surface area contributed by atoms with Crippen LogP contribution in [0.3, 0.4) is 0 Å². The highest BCUT2D eigenvalue weighted by atomic mass is 16.5. The number of aliphatic hydroxyl groups excluding tert-OH is 1. The predicted octanol–water partition coefficient (Wildman–Crippen LogP) is -1.80. The first-order valence-corrected chi connectivity index (χ1v) is 6.08. The monoisotopic (exact) mass is 283 g/mol. The summed E-state index contributed by atoms with van der Waals surface area (Å²) >= 11 is 0. The van der Waals surface area contributed by atoms with Gasteiger partial charge in [-0.15, -0.1) is 0 Å². The molecule has 0 saturated heterocycles. The van der Waals surface area contributed by atoms with Crippen LogP contribution in [-0.2, 0) is 20.7 Å². The van der Waals surface area contributed by atoms with Crippen molar-refractivity contribution >= 4 is 11.9 Å². The van der Waals surface area contributed by atoms with E-state index in [0.29, 0.717) is 6.42 Å². The lowest BCUT2D eigenvalue weighted by Crippen LogP contribution is -2.69. The number of hydrogen-bond acceptors (Lipinski definition) is 5. The maximum absolute atomic E-state index is 11.9. The molecule has 0 aliphatic heterocycles. The summed E-state index contributed by atoms with van der Waals surface area (Å²) in [6.45, 7) is -0.537. The summed E-state index contributed by atoms with van der Waals surface area (Å²) in [5.41, 5.74) is 4.55. The van der Waals surface area contributed by atoms with Crippen LogP contribution in [0.2, 0.25) is 0 Å². The number of methoxy groups -OCH3 is 1. The van der Waals surface area contributed by atoms with Crippen molar-refractivity contribution in [2.75, 3.05) is 13.7 Å². The van der Waals surface area contributed by atoms with E-state index >= 15 is 0 Å². The maximum Gasteiger partial charge on any atom is 0.330 e. The van der Waals surface area contributed by atoms with Gasteiger partial charge in [-0.05, 0) is 17.7 Å².